The number of fused-ring (bicyclic) bond motifs is 1. The third-order valence-corrected chi connectivity index (χ3v) is 2.86. The van der Waals surface area contributed by atoms with Crippen LogP contribution < -0.4 is 0 Å². The summed E-state index contributed by atoms with van der Waals surface area (Å²) in [6.45, 7) is 3.62. The van der Waals surface area contributed by atoms with Gasteiger partial charge in [-0.1, -0.05) is 0 Å². The van der Waals surface area contributed by atoms with Crippen molar-refractivity contribution in [3.05, 3.63) is 0 Å². The highest BCUT2D eigenvalue weighted by Gasteiger charge is 2.33. The minimum atomic E-state index is 0.500. The summed E-state index contributed by atoms with van der Waals surface area (Å²) in [5.74, 6) is 0.701. The van der Waals surface area contributed by atoms with Crippen molar-refractivity contribution < 1.29 is 4.74 Å². The van der Waals surface area contributed by atoms with Crippen molar-refractivity contribution in [1.29, 1.82) is 5.26 Å². The average Bonchev–Trinajstić information content (AvgIpc) is 2.51. The zero-order valence-corrected chi connectivity index (χ0v) is 7.20. The fourth-order valence-electron chi connectivity index (χ4n) is 2.20. The molecular weight excluding hydrogens is 152 g/mol. The largest absolute Gasteiger partial charge is 0.378 e. The van der Waals surface area contributed by atoms with Gasteiger partial charge in [-0.15, -0.1) is 0 Å². The molecule has 0 aromatic heterocycles. The highest BCUT2D eigenvalue weighted by atomic mass is 16.5. The summed E-state index contributed by atoms with van der Waals surface area (Å²) in [7, 11) is 0. The number of nitriles is 1. The molecule has 3 heteroatoms. The van der Waals surface area contributed by atoms with Crippen molar-refractivity contribution in [2.45, 2.75) is 18.9 Å². The number of hydrogen-bond acceptors (Lipinski definition) is 3. The molecule has 0 spiro atoms. The van der Waals surface area contributed by atoms with E-state index in [0.29, 0.717) is 18.6 Å². The molecule has 0 saturated carbocycles. The lowest BCUT2D eigenvalue weighted by atomic mass is 9.94. The van der Waals surface area contributed by atoms with Crippen LogP contribution in [0.15, 0.2) is 0 Å². The summed E-state index contributed by atoms with van der Waals surface area (Å²) >= 11 is 0. The van der Waals surface area contributed by atoms with Crippen LogP contribution in [0, 0.1) is 17.2 Å². The van der Waals surface area contributed by atoms with Crippen LogP contribution in [0.25, 0.3) is 0 Å². The number of nitrogens with zero attached hydrogens (tertiary/aromatic N) is 2. The van der Waals surface area contributed by atoms with Gasteiger partial charge in [0, 0.05) is 25.6 Å². The van der Waals surface area contributed by atoms with Crippen molar-refractivity contribution in [2.24, 2.45) is 5.92 Å². The van der Waals surface area contributed by atoms with Crippen LogP contribution in [-0.4, -0.2) is 37.2 Å². The monoisotopic (exact) mass is 166 g/mol. The van der Waals surface area contributed by atoms with Crippen LogP contribution in [0.3, 0.4) is 0 Å². The van der Waals surface area contributed by atoms with Crippen LogP contribution in [0.5, 0.6) is 0 Å². The molecule has 3 nitrogen and oxygen atoms in total. The zero-order valence-electron chi connectivity index (χ0n) is 7.20. The molecule has 0 N–H and O–H groups in total. The lowest BCUT2D eigenvalue weighted by molar-refractivity contribution is 0.0391. The van der Waals surface area contributed by atoms with Crippen molar-refractivity contribution in [3.63, 3.8) is 0 Å². The number of rotatable bonds is 1. The van der Waals surface area contributed by atoms with Crippen molar-refractivity contribution in [3.8, 4) is 6.07 Å². The SMILES string of the molecule is N#CCN1CC[C@H]2OCC[C@H]2C1. The van der Waals surface area contributed by atoms with E-state index < -0.39 is 0 Å². The van der Waals surface area contributed by atoms with E-state index in [0.717, 1.165) is 26.1 Å². The summed E-state index contributed by atoms with van der Waals surface area (Å²) in [5, 5.41) is 8.54. The standard InChI is InChI=1S/C9H14N2O/c10-3-5-11-4-1-9-8(7-11)2-6-12-9/h8-9H,1-2,4-7H2/t8-,9+/m0/s1. The van der Waals surface area contributed by atoms with Crippen molar-refractivity contribution in [1.82, 2.24) is 4.90 Å². The maximum atomic E-state index is 8.54. The summed E-state index contributed by atoms with van der Waals surface area (Å²) in [6, 6.07) is 2.20. The molecule has 0 aromatic rings. The summed E-state index contributed by atoms with van der Waals surface area (Å²) in [6.07, 6.45) is 2.80. The van der Waals surface area contributed by atoms with E-state index in [-0.39, 0.29) is 0 Å². The fourth-order valence-corrected chi connectivity index (χ4v) is 2.20. The van der Waals surface area contributed by atoms with Gasteiger partial charge in [0.15, 0.2) is 0 Å². The summed E-state index contributed by atoms with van der Waals surface area (Å²) < 4.78 is 5.57. The van der Waals surface area contributed by atoms with E-state index in [4.69, 9.17) is 10.00 Å². The third-order valence-electron chi connectivity index (χ3n) is 2.86. The Kier molecular flexibility index (Phi) is 2.29. The maximum absolute atomic E-state index is 8.54. The molecule has 0 aliphatic carbocycles. The lowest BCUT2D eigenvalue weighted by Gasteiger charge is -2.32. The van der Waals surface area contributed by atoms with E-state index in [1.165, 1.54) is 6.42 Å². The molecule has 0 amide bonds. The Balaban J connectivity index is 1.89. The third kappa shape index (κ3) is 1.45. The first-order valence-corrected chi connectivity index (χ1v) is 4.61. The summed E-state index contributed by atoms with van der Waals surface area (Å²) in [5.41, 5.74) is 0. The van der Waals surface area contributed by atoms with E-state index in [1.807, 2.05) is 0 Å². The highest BCUT2D eigenvalue weighted by molar-refractivity contribution is 4.88. The second-order valence-corrected chi connectivity index (χ2v) is 3.64. The van der Waals surface area contributed by atoms with Gasteiger partial charge in [0.25, 0.3) is 0 Å². The first kappa shape index (κ1) is 8.03. The Labute approximate surface area is 72.9 Å². The number of piperidine rings is 1. The average molecular weight is 166 g/mol. The first-order valence-electron chi connectivity index (χ1n) is 4.61. The molecule has 0 aromatic carbocycles. The molecule has 2 atom stereocenters. The van der Waals surface area contributed by atoms with E-state index >= 15 is 0 Å². The molecule has 0 bridgehead atoms. The van der Waals surface area contributed by atoms with Gasteiger partial charge in [0.1, 0.15) is 0 Å². The molecule has 66 valence electrons. The molecule has 2 aliphatic rings. The van der Waals surface area contributed by atoms with Gasteiger partial charge in [0.05, 0.1) is 18.7 Å². The van der Waals surface area contributed by atoms with Gasteiger partial charge in [-0.3, -0.25) is 4.90 Å². The molecule has 2 aliphatic heterocycles. The molecule has 2 fully saturated rings. The summed E-state index contributed by atoms with van der Waals surface area (Å²) in [4.78, 5) is 2.23. The Hall–Kier alpha value is -0.590. The van der Waals surface area contributed by atoms with Crippen LogP contribution in [0.2, 0.25) is 0 Å². The first-order chi connectivity index (χ1) is 5.90. The van der Waals surface area contributed by atoms with E-state index in [9.17, 15) is 0 Å². The predicted octanol–water partition coefficient (Wildman–Crippen LogP) is 0.621. The fraction of sp³-hybridized carbons (Fsp3) is 0.889. The highest BCUT2D eigenvalue weighted by Crippen LogP contribution is 2.28. The molecule has 2 rings (SSSR count). The topological polar surface area (TPSA) is 36.3 Å². The van der Waals surface area contributed by atoms with Crippen molar-refractivity contribution >= 4 is 0 Å². The second kappa shape index (κ2) is 3.42. The van der Waals surface area contributed by atoms with Gasteiger partial charge < -0.3 is 4.74 Å². The maximum Gasteiger partial charge on any atom is 0.0866 e. The number of hydrogen-bond donors (Lipinski definition) is 0. The molecule has 0 radical (unpaired) electrons. The van der Waals surface area contributed by atoms with Gasteiger partial charge in [-0.2, -0.15) is 5.26 Å². The van der Waals surface area contributed by atoms with Gasteiger partial charge in [0.2, 0.25) is 0 Å². The zero-order chi connectivity index (χ0) is 8.39. The molecule has 0 unspecified atom stereocenters. The Morgan fingerprint density at radius 3 is 3.25 bits per heavy atom. The van der Waals surface area contributed by atoms with E-state index in [1.54, 1.807) is 0 Å². The molecule has 2 heterocycles. The van der Waals surface area contributed by atoms with Crippen molar-refractivity contribution in [2.75, 3.05) is 26.2 Å². The normalized spacial score (nSPS) is 35.9. The van der Waals surface area contributed by atoms with Crippen LogP contribution in [0.1, 0.15) is 12.8 Å². The predicted molar refractivity (Wildman–Crippen MR) is 44.5 cm³/mol. The van der Waals surface area contributed by atoms with E-state index in [2.05, 4.69) is 11.0 Å². The second-order valence-electron chi connectivity index (χ2n) is 3.64. The molecule has 12 heavy (non-hydrogen) atoms. The van der Waals surface area contributed by atoms with Crippen LogP contribution in [-0.2, 0) is 4.74 Å². The lowest BCUT2D eigenvalue weighted by Crippen LogP contribution is -2.41. The van der Waals surface area contributed by atoms with Gasteiger partial charge in [-0.25, -0.2) is 0 Å². The Morgan fingerprint density at radius 2 is 2.42 bits per heavy atom. The minimum absolute atomic E-state index is 0.500. The Bertz CT molecular complexity index is 199. The van der Waals surface area contributed by atoms with Gasteiger partial charge >= 0.3 is 0 Å². The quantitative estimate of drug-likeness (QED) is 0.536. The Morgan fingerprint density at radius 1 is 1.50 bits per heavy atom. The van der Waals surface area contributed by atoms with Crippen LogP contribution >= 0.6 is 0 Å². The molecular formula is C9H14N2O. The minimum Gasteiger partial charge on any atom is -0.378 e. The number of ether oxygens (including phenoxy) is 1. The molecule has 2 saturated heterocycles. The van der Waals surface area contributed by atoms with Crippen LogP contribution in [0.4, 0.5) is 0 Å². The van der Waals surface area contributed by atoms with Gasteiger partial charge in [-0.05, 0) is 12.8 Å². The number of likely N-dealkylation sites (tertiary alicyclic amines) is 1. The smallest absolute Gasteiger partial charge is 0.0866 e.